The molecule has 0 aliphatic carbocycles. The van der Waals surface area contributed by atoms with E-state index in [9.17, 15) is 8.78 Å². The van der Waals surface area contributed by atoms with Crippen LogP contribution >= 0.6 is 11.3 Å². The van der Waals surface area contributed by atoms with E-state index in [1.54, 1.807) is 30.5 Å². The van der Waals surface area contributed by atoms with Crippen molar-refractivity contribution in [2.45, 2.75) is 33.4 Å². The molecule has 2 N–H and O–H groups in total. The van der Waals surface area contributed by atoms with Gasteiger partial charge in [0.25, 0.3) is 0 Å². The van der Waals surface area contributed by atoms with Crippen LogP contribution in [0.5, 0.6) is 11.5 Å². The summed E-state index contributed by atoms with van der Waals surface area (Å²) in [6.07, 6.45) is 0.780. The number of nitrogens with one attached hydrogen (secondary N) is 2. The summed E-state index contributed by atoms with van der Waals surface area (Å²) >= 11 is 1.68. The maximum absolute atomic E-state index is 12.6. The number of hydrogen-bond acceptors (Lipinski definition) is 5. The maximum Gasteiger partial charge on any atom is 0.387 e. The molecule has 0 bridgehead atoms. The van der Waals surface area contributed by atoms with Crippen LogP contribution in [0.25, 0.3) is 0 Å². The quantitative estimate of drug-likeness (QED) is 0.528. The van der Waals surface area contributed by atoms with Gasteiger partial charge in [0, 0.05) is 43.1 Å². The molecule has 0 aliphatic rings. The molecule has 0 spiro atoms. The van der Waals surface area contributed by atoms with Crippen molar-refractivity contribution in [3.05, 3.63) is 39.3 Å². The lowest BCUT2D eigenvalue weighted by Crippen LogP contribution is -2.38. The Morgan fingerprint density at radius 3 is 2.67 bits per heavy atom. The number of halogens is 2. The average molecular weight is 398 g/mol. The molecule has 2 aromatic rings. The number of ether oxygens (including phenoxy) is 2. The van der Waals surface area contributed by atoms with Crippen molar-refractivity contribution in [1.82, 2.24) is 15.6 Å². The van der Waals surface area contributed by atoms with Gasteiger partial charge in [-0.1, -0.05) is 0 Å². The number of guanidine groups is 1. The minimum Gasteiger partial charge on any atom is -0.497 e. The molecule has 1 heterocycles. The zero-order valence-electron chi connectivity index (χ0n) is 15.8. The van der Waals surface area contributed by atoms with Crippen molar-refractivity contribution < 1.29 is 18.3 Å². The number of thiazole rings is 1. The lowest BCUT2D eigenvalue weighted by molar-refractivity contribution is -0.0505. The summed E-state index contributed by atoms with van der Waals surface area (Å²) in [7, 11) is 3.12. The molecule has 148 valence electrons. The molecule has 1 aromatic heterocycles. The molecule has 0 fully saturated rings. The Morgan fingerprint density at radius 1 is 1.30 bits per heavy atom. The topological polar surface area (TPSA) is 67.8 Å². The Kier molecular flexibility index (Phi) is 7.78. The number of alkyl halides is 2. The zero-order valence-corrected chi connectivity index (χ0v) is 16.6. The zero-order chi connectivity index (χ0) is 19.8. The number of aryl methyl sites for hydroxylation is 2. The van der Waals surface area contributed by atoms with Gasteiger partial charge in [-0.2, -0.15) is 8.78 Å². The monoisotopic (exact) mass is 398 g/mol. The van der Waals surface area contributed by atoms with Crippen molar-refractivity contribution in [3.8, 4) is 11.5 Å². The Hall–Kier alpha value is -2.42. The van der Waals surface area contributed by atoms with Crippen LogP contribution in [-0.4, -0.2) is 38.3 Å². The lowest BCUT2D eigenvalue weighted by atomic mass is 10.2. The minimum absolute atomic E-state index is 0.0704. The fourth-order valence-electron chi connectivity index (χ4n) is 2.35. The van der Waals surface area contributed by atoms with Gasteiger partial charge in [-0.25, -0.2) is 4.98 Å². The summed E-state index contributed by atoms with van der Waals surface area (Å²) in [5, 5.41) is 7.35. The van der Waals surface area contributed by atoms with Crippen molar-refractivity contribution >= 4 is 17.3 Å². The molecule has 0 aliphatic heterocycles. The number of benzene rings is 1. The van der Waals surface area contributed by atoms with Crippen LogP contribution in [0.1, 0.15) is 21.1 Å². The number of rotatable bonds is 8. The number of aliphatic imine (C=N–C) groups is 1. The Bertz CT molecular complexity index is 761. The van der Waals surface area contributed by atoms with Gasteiger partial charge < -0.3 is 20.1 Å². The molecule has 6 nitrogen and oxygen atoms in total. The molecule has 1 aromatic carbocycles. The van der Waals surface area contributed by atoms with Crippen LogP contribution in [0.15, 0.2) is 23.2 Å². The largest absolute Gasteiger partial charge is 0.497 e. The van der Waals surface area contributed by atoms with Crippen LogP contribution in [0.2, 0.25) is 0 Å². The number of nitrogens with zero attached hydrogens (tertiary/aromatic N) is 2. The second kappa shape index (κ2) is 10.1. The molecular formula is C18H24F2N4O2S. The van der Waals surface area contributed by atoms with Gasteiger partial charge in [-0.3, -0.25) is 4.99 Å². The summed E-state index contributed by atoms with van der Waals surface area (Å²) in [6, 6.07) is 4.81. The highest BCUT2D eigenvalue weighted by Gasteiger charge is 2.12. The standard InChI is InChI=1S/C18H24F2N4O2S/c1-11-12(2)27-16(24-11)7-8-22-18(21-3)23-10-13-5-6-14(25-4)9-15(13)26-17(19)20/h5-6,9,17H,7-8,10H2,1-4H3,(H2,21,22,23). The minimum atomic E-state index is -2.90. The van der Waals surface area contributed by atoms with Gasteiger partial charge in [0.05, 0.1) is 17.8 Å². The van der Waals surface area contributed by atoms with E-state index < -0.39 is 6.61 Å². The summed E-state index contributed by atoms with van der Waals surface area (Å²) in [4.78, 5) is 9.87. The van der Waals surface area contributed by atoms with E-state index in [-0.39, 0.29) is 12.3 Å². The first-order chi connectivity index (χ1) is 12.9. The second-order valence-electron chi connectivity index (χ2n) is 5.70. The van der Waals surface area contributed by atoms with E-state index in [1.807, 2.05) is 6.92 Å². The first-order valence-electron chi connectivity index (χ1n) is 8.42. The van der Waals surface area contributed by atoms with Crippen LogP contribution in [0.3, 0.4) is 0 Å². The highest BCUT2D eigenvalue weighted by Crippen LogP contribution is 2.26. The predicted octanol–water partition coefficient (Wildman–Crippen LogP) is 3.28. The van der Waals surface area contributed by atoms with E-state index in [4.69, 9.17) is 4.74 Å². The Morgan fingerprint density at radius 2 is 2.07 bits per heavy atom. The Balaban J connectivity index is 1.91. The van der Waals surface area contributed by atoms with Gasteiger partial charge >= 0.3 is 6.61 Å². The molecule has 0 saturated carbocycles. The van der Waals surface area contributed by atoms with Crippen molar-refractivity contribution in [2.75, 3.05) is 20.7 Å². The maximum atomic E-state index is 12.6. The summed E-state index contributed by atoms with van der Waals surface area (Å²) in [5.74, 6) is 1.09. The van der Waals surface area contributed by atoms with Gasteiger partial charge in [0.1, 0.15) is 11.5 Å². The molecule has 2 rings (SSSR count). The molecule has 0 atom stereocenters. The molecular weight excluding hydrogens is 374 g/mol. The molecule has 9 heteroatoms. The van der Waals surface area contributed by atoms with E-state index >= 15 is 0 Å². The highest BCUT2D eigenvalue weighted by atomic mass is 32.1. The normalized spacial score (nSPS) is 11.6. The molecule has 0 unspecified atom stereocenters. The summed E-state index contributed by atoms with van der Waals surface area (Å²) < 4.78 is 34.9. The number of aromatic nitrogens is 1. The van der Waals surface area contributed by atoms with Gasteiger partial charge in [0.2, 0.25) is 0 Å². The van der Waals surface area contributed by atoms with Gasteiger partial charge in [-0.15, -0.1) is 11.3 Å². The SMILES string of the molecule is CN=C(NCCc1nc(C)c(C)s1)NCc1ccc(OC)cc1OC(F)F. The van der Waals surface area contributed by atoms with E-state index in [1.165, 1.54) is 18.1 Å². The Labute approximate surface area is 161 Å². The van der Waals surface area contributed by atoms with E-state index in [2.05, 4.69) is 32.3 Å². The average Bonchev–Trinajstić information content (AvgIpc) is 2.95. The third-order valence-electron chi connectivity index (χ3n) is 3.86. The highest BCUT2D eigenvalue weighted by molar-refractivity contribution is 7.11. The van der Waals surface area contributed by atoms with Crippen LogP contribution < -0.4 is 20.1 Å². The molecule has 27 heavy (non-hydrogen) atoms. The molecule has 0 radical (unpaired) electrons. The summed E-state index contributed by atoms with van der Waals surface area (Å²) in [5.41, 5.74) is 1.63. The fraction of sp³-hybridized carbons (Fsp3) is 0.444. The van der Waals surface area contributed by atoms with Crippen LogP contribution in [-0.2, 0) is 13.0 Å². The third kappa shape index (κ3) is 6.35. The van der Waals surface area contributed by atoms with Gasteiger partial charge in [0.15, 0.2) is 5.96 Å². The third-order valence-corrected chi connectivity index (χ3v) is 5.00. The smallest absolute Gasteiger partial charge is 0.387 e. The first-order valence-corrected chi connectivity index (χ1v) is 9.23. The molecule has 0 saturated heterocycles. The van der Waals surface area contributed by atoms with Crippen molar-refractivity contribution in [3.63, 3.8) is 0 Å². The van der Waals surface area contributed by atoms with Gasteiger partial charge in [-0.05, 0) is 26.0 Å². The van der Waals surface area contributed by atoms with Crippen molar-refractivity contribution in [1.29, 1.82) is 0 Å². The lowest BCUT2D eigenvalue weighted by Gasteiger charge is -2.15. The first kappa shape index (κ1) is 20.9. The fourth-order valence-corrected chi connectivity index (χ4v) is 3.28. The second-order valence-corrected chi connectivity index (χ2v) is 6.99. The molecule has 0 amide bonds. The predicted molar refractivity (Wildman–Crippen MR) is 103 cm³/mol. The van der Waals surface area contributed by atoms with Crippen molar-refractivity contribution in [2.24, 2.45) is 4.99 Å². The summed E-state index contributed by atoms with van der Waals surface area (Å²) in [6.45, 7) is 2.09. The number of hydrogen-bond donors (Lipinski definition) is 2. The van der Waals surface area contributed by atoms with Crippen LogP contribution in [0.4, 0.5) is 8.78 Å². The van der Waals surface area contributed by atoms with E-state index in [0.29, 0.717) is 23.8 Å². The van der Waals surface area contributed by atoms with Crippen LogP contribution in [0, 0.1) is 13.8 Å². The number of methoxy groups -OCH3 is 1. The van der Waals surface area contributed by atoms with E-state index in [0.717, 1.165) is 17.1 Å².